The highest BCUT2D eigenvalue weighted by atomic mass is 127. The van der Waals surface area contributed by atoms with E-state index in [9.17, 15) is 5.11 Å². The summed E-state index contributed by atoms with van der Waals surface area (Å²) in [7, 11) is 0. The fraction of sp³-hybridized carbons (Fsp3) is 0. The van der Waals surface area contributed by atoms with Crippen molar-refractivity contribution in [3.8, 4) is 17.2 Å². The molecule has 27 heavy (non-hydrogen) atoms. The van der Waals surface area contributed by atoms with Crippen LogP contribution in [0.3, 0.4) is 0 Å². The molecule has 0 atom stereocenters. The van der Waals surface area contributed by atoms with Crippen LogP contribution in [0.25, 0.3) is 22.6 Å². The van der Waals surface area contributed by atoms with E-state index in [4.69, 9.17) is 16.0 Å². The third kappa shape index (κ3) is 4.02. The van der Waals surface area contributed by atoms with E-state index in [1.807, 2.05) is 65.1 Å². The predicted molar refractivity (Wildman–Crippen MR) is 120 cm³/mol. The van der Waals surface area contributed by atoms with E-state index in [-0.39, 0.29) is 5.75 Å². The highest BCUT2D eigenvalue weighted by molar-refractivity contribution is 14.1. The van der Waals surface area contributed by atoms with Crippen LogP contribution in [0.2, 0.25) is 5.02 Å². The Morgan fingerprint density at radius 3 is 2.67 bits per heavy atom. The monoisotopic (exact) mass is 552 g/mol. The molecule has 0 saturated heterocycles. The van der Waals surface area contributed by atoms with Crippen molar-refractivity contribution in [3.05, 3.63) is 73.2 Å². The lowest BCUT2D eigenvalue weighted by Crippen LogP contribution is -1.86. The van der Waals surface area contributed by atoms with Crippen molar-refractivity contribution in [2.24, 2.45) is 4.99 Å². The van der Waals surface area contributed by atoms with Gasteiger partial charge in [-0.3, -0.25) is 4.99 Å². The largest absolute Gasteiger partial charge is 0.506 e. The quantitative estimate of drug-likeness (QED) is 0.220. The van der Waals surface area contributed by atoms with Crippen LogP contribution >= 0.6 is 50.1 Å². The molecule has 0 fully saturated rings. The van der Waals surface area contributed by atoms with Crippen molar-refractivity contribution in [1.29, 1.82) is 0 Å². The summed E-state index contributed by atoms with van der Waals surface area (Å²) in [6.07, 6.45) is 1.58. The van der Waals surface area contributed by atoms with Crippen LogP contribution in [0, 0.1) is 3.57 Å². The lowest BCUT2D eigenvalue weighted by Gasteiger charge is -2.02. The average molecular weight is 554 g/mol. The van der Waals surface area contributed by atoms with Gasteiger partial charge in [-0.2, -0.15) is 0 Å². The second-order valence-corrected chi connectivity index (χ2v) is 8.28. The van der Waals surface area contributed by atoms with Gasteiger partial charge in [-0.05, 0) is 77.2 Å². The minimum atomic E-state index is 0.156. The Morgan fingerprint density at radius 1 is 1.11 bits per heavy atom. The number of phenols is 1. The molecule has 1 N–H and O–H groups in total. The van der Waals surface area contributed by atoms with Gasteiger partial charge in [-0.25, -0.2) is 4.98 Å². The summed E-state index contributed by atoms with van der Waals surface area (Å²) in [5.74, 6) is 0.712. The number of hydrogen-bond donors (Lipinski definition) is 1. The fourth-order valence-electron chi connectivity index (χ4n) is 2.54. The van der Waals surface area contributed by atoms with Crippen molar-refractivity contribution in [3.63, 3.8) is 0 Å². The van der Waals surface area contributed by atoms with Crippen molar-refractivity contribution in [2.75, 3.05) is 0 Å². The third-order valence-corrected chi connectivity index (χ3v) is 5.44. The minimum absolute atomic E-state index is 0.156. The molecule has 7 heteroatoms. The van der Waals surface area contributed by atoms with Gasteiger partial charge in [-0.1, -0.05) is 27.5 Å². The second-order valence-electron chi connectivity index (χ2n) is 5.76. The first-order chi connectivity index (χ1) is 13.0. The molecule has 0 aliphatic carbocycles. The zero-order valence-electron chi connectivity index (χ0n) is 13.7. The molecule has 0 saturated carbocycles. The molecule has 0 unspecified atom stereocenters. The molecule has 1 heterocycles. The minimum Gasteiger partial charge on any atom is -0.506 e. The van der Waals surface area contributed by atoms with Crippen LogP contribution in [-0.2, 0) is 0 Å². The Balaban J connectivity index is 1.67. The second kappa shape index (κ2) is 7.61. The van der Waals surface area contributed by atoms with Crippen molar-refractivity contribution in [1.82, 2.24) is 4.98 Å². The van der Waals surface area contributed by atoms with E-state index in [1.165, 1.54) is 0 Å². The molecule has 3 aromatic carbocycles. The highest BCUT2D eigenvalue weighted by Gasteiger charge is 2.09. The number of nitrogens with zero attached hydrogens (tertiary/aromatic N) is 2. The Hall–Kier alpha value is -1.90. The molecule has 4 aromatic rings. The summed E-state index contributed by atoms with van der Waals surface area (Å²) in [6.45, 7) is 0. The first-order valence-corrected chi connectivity index (χ1v) is 10.1. The molecular formula is C20H11BrClIN2O2. The maximum absolute atomic E-state index is 10.1. The van der Waals surface area contributed by atoms with E-state index in [1.54, 1.807) is 18.3 Å². The number of oxazole rings is 1. The molecule has 1 aromatic heterocycles. The number of benzene rings is 3. The number of rotatable bonds is 3. The Morgan fingerprint density at radius 2 is 1.89 bits per heavy atom. The van der Waals surface area contributed by atoms with Gasteiger partial charge in [0.1, 0.15) is 11.3 Å². The van der Waals surface area contributed by atoms with Crippen molar-refractivity contribution < 1.29 is 9.52 Å². The molecule has 0 aliphatic heterocycles. The first kappa shape index (κ1) is 18.5. The van der Waals surface area contributed by atoms with Crippen LogP contribution in [0.15, 0.2) is 68.5 Å². The van der Waals surface area contributed by atoms with E-state index in [0.717, 1.165) is 10.0 Å². The number of aliphatic imine (C=N–C) groups is 1. The van der Waals surface area contributed by atoms with Crippen LogP contribution in [-0.4, -0.2) is 16.3 Å². The molecule has 4 rings (SSSR count). The fourth-order valence-corrected chi connectivity index (χ4v) is 3.86. The van der Waals surface area contributed by atoms with Crippen LogP contribution in [0.1, 0.15) is 5.56 Å². The average Bonchev–Trinajstić information content (AvgIpc) is 3.07. The van der Waals surface area contributed by atoms with Gasteiger partial charge in [0.25, 0.3) is 0 Å². The lowest BCUT2D eigenvalue weighted by atomic mass is 10.2. The van der Waals surface area contributed by atoms with Gasteiger partial charge in [0.2, 0.25) is 5.89 Å². The van der Waals surface area contributed by atoms with E-state index in [0.29, 0.717) is 36.8 Å². The SMILES string of the molecule is Oc1c(I)cc(Cl)cc1C=Nc1ccc2oc(-c3ccc(Br)cc3)nc2c1. The number of halogens is 3. The standard InChI is InChI=1S/C20H11BrClIN2O2/c21-13-3-1-11(2-4-13)20-25-17-9-15(5-6-18(17)27-20)24-10-12-7-14(22)8-16(23)19(12)26/h1-10,26H. The number of aromatic nitrogens is 1. The predicted octanol–water partition coefficient (Wildman–Crippen LogP) is 6.97. The normalized spacial score (nSPS) is 11.5. The molecule has 0 radical (unpaired) electrons. The molecular weight excluding hydrogens is 542 g/mol. The zero-order valence-corrected chi connectivity index (χ0v) is 18.2. The molecule has 0 spiro atoms. The zero-order chi connectivity index (χ0) is 19.0. The Labute approximate surface area is 182 Å². The Kier molecular flexibility index (Phi) is 5.21. The molecule has 0 bridgehead atoms. The first-order valence-electron chi connectivity index (χ1n) is 7.88. The number of fused-ring (bicyclic) bond motifs is 1. The smallest absolute Gasteiger partial charge is 0.227 e. The molecule has 134 valence electrons. The third-order valence-electron chi connectivity index (χ3n) is 3.87. The molecule has 0 amide bonds. The maximum atomic E-state index is 10.1. The van der Waals surface area contributed by atoms with Gasteiger partial charge >= 0.3 is 0 Å². The summed E-state index contributed by atoms with van der Waals surface area (Å²) in [5, 5.41) is 10.7. The van der Waals surface area contributed by atoms with E-state index < -0.39 is 0 Å². The molecule has 4 nitrogen and oxygen atoms in total. The highest BCUT2D eigenvalue weighted by Crippen LogP contribution is 2.30. The van der Waals surface area contributed by atoms with Crippen LogP contribution in [0.4, 0.5) is 5.69 Å². The number of aromatic hydroxyl groups is 1. The summed E-state index contributed by atoms with van der Waals surface area (Å²) in [4.78, 5) is 8.97. The van der Waals surface area contributed by atoms with E-state index >= 15 is 0 Å². The van der Waals surface area contributed by atoms with Gasteiger partial charge < -0.3 is 9.52 Å². The number of phenolic OH excluding ortho intramolecular Hbond substituents is 1. The van der Waals surface area contributed by atoms with Gasteiger partial charge in [0, 0.05) is 26.8 Å². The Bertz CT molecular complexity index is 1170. The lowest BCUT2D eigenvalue weighted by molar-refractivity contribution is 0.470. The topological polar surface area (TPSA) is 58.6 Å². The van der Waals surface area contributed by atoms with Gasteiger partial charge in [0.15, 0.2) is 5.58 Å². The van der Waals surface area contributed by atoms with Gasteiger partial charge in [-0.15, -0.1) is 0 Å². The van der Waals surface area contributed by atoms with Crippen molar-refractivity contribution >= 4 is 73.1 Å². The van der Waals surface area contributed by atoms with Crippen LogP contribution < -0.4 is 0 Å². The van der Waals surface area contributed by atoms with E-state index in [2.05, 4.69) is 25.9 Å². The summed E-state index contributed by atoms with van der Waals surface area (Å²) >= 11 is 11.5. The van der Waals surface area contributed by atoms with Crippen molar-refractivity contribution in [2.45, 2.75) is 0 Å². The number of hydrogen-bond acceptors (Lipinski definition) is 4. The maximum Gasteiger partial charge on any atom is 0.227 e. The van der Waals surface area contributed by atoms with Gasteiger partial charge in [0.05, 0.1) is 9.26 Å². The summed E-state index contributed by atoms with van der Waals surface area (Å²) in [5.41, 5.74) is 3.56. The summed E-state index contributed by atoms with van der Waals surface area (Å²) < 4.78 is 7.50. The summed E-state index contributed by atoms with van der Waals surface area (Å²) in [6, 6.07) is 16.6. The van der Waals surface area contributed by atoms with Crippen LogP contribution in [0.5, 0.6) is 5.75 Å². The molecule has 0 aliphatic rings.